The lowest BCUT2D eigenvalue weighted by Gasteiger charge is -2.07. The molecule has 0 aromatic carbocycles. The van der Waals surface area contributed by atoms with Crippen molar-refractivity contribution in [1.82, 2.24) is 4.72 Å². The first-order chi connectivity index (χ1) is 5.48. The van der Waals surface area contributed by atoms with Crippen LogP contribution < -0.4 is 4.72 Å². The third-order valence-corrected chi connectivity index (χ3v) is 2.81. The molecule has 12 heavy (non-hydrogen) atoms. The summed E-state index contributed by atoms with van der Waals surface area (Å²) in [4.78, 5) is 0. The van der Waals surface area contributed by atoms with Crippen LogP contribution in [0.25, 0.3) is 0 Å². The van der Waals surface area contributed by atoms with Gasteiger partial charge in [0.1, 0.15) is 0 Å². The van der Waals surface area contributed by atoms with Gasteiger partial charge in [-0.15, -0.1) is 0 Å². The van der Waals surface area contributed by atoms with Crippen LogP contribution in [0.4, 0.5) is 0 Å². The number of rotatable bonds is 5. The van der Waals surface area contributed by atoms with Crippen molar-refractivity contribution in [2.75, 3.05) is 5.75 Å². The Hall–Kier alpha value is -0.350. The quantitative estimate of drug-likeness (QED) is 0.665. The van der Waals surface area contributed by atoms with Crippen molar-refractivity contribution in [2.24, 2.45) is 0 Å². The molecule has 0 bridgehead atoms. The van der Waals surface area contributed by atoms with E-state index in [1.807, 2.05) is 32.9 Å². The van der Waals surface area contributed by atoms with Crippen LogP contribution in [0.2, 0.25) is 0 Å². The first kappa shape index (κ1) is 11.6. The molecule has 0 saturated heterocycles. The van der Waals surface area contributed by atoms with Crippen molar-refractivity contribution in [2.45, 2.75) is 33.2 Å². The first-order valence-electron chi connectivity index (χ1n) is 4.09. The second-order valence-electron chi connectivity index (χ2n) is 2.95. The highest BCUT2D eigenvalue weighted by molar-refractivity contribution is 7.89. The van der Waals surface area contributed by atoms with Crippen LogP contribution in [0.1, 0.15) is 27.2 Å². The minimum atomic E-state index is -3.05. The molecule has 0 amide bonds. The third-order valence-electron chi connectivity index (χ3n) is 1.20. The van der Waals surface area contributed by atoms with Crippen molar-refractivity contribution in [3.05, 3.63) is 12.2 Å². The van der Waals surface area contributed by atoms with Gasteiger partial charge in [0.15, 0.2) is 0 Å². The largest absolute Gasteiger partial charge is 0.213 e. The van der Waals surface area contributed by atoms with Gasteiger partial charge in [-0.1, -0.05) is 12.2 Å². The lowest BCUT2D eigenvalue weighted by molar-refractivity contribution is 0.569. The molecule has 0 aliphatic rings. The maximum Gasteiger partial charge on any atom is 0.212 e. The lowest BCUT2D eigenvalue weighted by Crippen LogP contribution is -2.32. The molecule has 0 rings (SSSR count). The van der Waals surface area contributed by atoms with E-state index in [4.69, 9.17) is 0 Å². The van der Waals surface area contributed by atoms with E-state index in [-0.39, 0.29) is 11.8 Å². The molecule has 0 fully saturated rings. The minimum absolute atomic E-state index is 0.0133. The molecule has 0 aromatic heterocycles. The Labute approximate surface area is 74.9 Å². The van der Waals surface area contributed by atoms with Gasteiger partial charge in [-0.25, -0.2) is 13.1 Å². The van der Waals surface area contributed by atoms with Gasteiger partial charge in [-0.3, -0.25) is 0 Å². The maximum atomic E-state index is 11.2. The highest BCUT2D eigenvalue weighted by atomic mass is 32.2. The predicted octanol–water partition coefficient (Wildman–Crippen LogP) is 1.28. The average molecular weight is 191 g/mol. The van der Waals surface area contributed by atoms with Crippen molar-refractivity contribution in [1.29, 1.82) is 0 Å². The standard InChI is InChI=1S/C8H17NO2S/c1-4-5-6-7-12(10,11)9-8(2)3/h4-5,8-9H,6-7H2,1-3H3/b5-4+. The molecule has 3 nitrogen and oxygen atoms in total. The number of allylic oxidation sites excluding steroid dienone is 2. The molecule has 0 atom stereocenters. The van der Waals surface area contributed by atoms with E-state index in [1.165, 1.54) is 0 Å². The Kier molecular flexibility index (Phi) is 5.17. The molecule has 1 N–H and O–H groups in total. The molecule has 0 unspecified atom stereocenters. The molecule has 0 aliphatic carbocycles. The predicted molar refractivity (Wildman–Crippen MR) is 51.5 cm³/mol. The SMILES string of the molecule is C/C=C/CCS(=O)(=O)NC(C)C. The summed E-state index contributed by atoms with van der Waals surface area (Å²) in [6, 6.07) is -0.0133. The van der Waals surface area contributed by atoms with Gasteiger partial charge in [0, 0.05) is 6.04 Å². The highest BCUT2D eigenvalue weighted by Gasteiger charge is 2.09. The van der Waals surface area contributed by atoms with E-state index in [0.717, 1.165) is 0 Å². The van der Waals surface area contributed by atoms with Crippen LogP contribution in [0.3, 0.4) is 0 Å². The molecule has 72 valence electrons. The molecule has 0 saturated carbocycles. The van der Waals surface area contributed by atoms with Crippen LogP contribution in [-0.4, -0.2) is 20.2 Å². The molecule has 0 aromatic rings. The Morgan fingerprint density at radius 3 is 2.42 bits per heavy atom. The van der Waals surface area contributed by atoms with E-state index in [9.17, 15) is 8.42 Å². The molecule has 4 heteroatoms. The van der Waals surface area contributed by atoms with Crippen LogP contribution >= 0.6 is 0 Å². The third kappa shape index (κ3) is 6.37. The first-order valence-corrected chi connectivity index (χ1v) is 5.74. The van der Waals surface area contributed by atoms with Gasteiger partial charge >= 0.3 is 0 Å². The Balaban J connectivity index is 3.89. The molecule has 0 heterocycles. The van der Waals surface area contributed by atoms with Gasteiger partial charge in [-0.05, 0) is 27.2 Å². The van der Waals surface area contributed by atoms with E-state index >= 15 is 0 Å². The van der Waals surface area contributed by atoms with Crippen LogP contribution in [0, 0.1) is 0 Å². The Bertz CT molecular complexity index is 229. The summed E-state index contributed by atoms with van der Waals surface area (Å²) in [5, 5.41) is 0. The van der Waals surface area contributed by atoms with Crippen LogP contribution in [0.15, 0.2) is 12.2 Å². The zero-order valence-electron chi connectivity index (χ0n) is 7.87. The second kappa shape index (κ2) is 5.32. The van der Waals surface area contributed by atoms with E-state index < -0.39 is 10.0 Å². The van der Waals surface area contributed by atoms with Gasteiger partial charge in [0.2, 0.25) is 10.0 Å². The zero-order valence-corrected chi connectivity index (χ0v) is 8.69. The maximum absolute atomic E-state index is 11.2. The highest BCUT2D eigenvalue weighted by Crippen LogP contribution is 1.93. The minimum Gasteiger partial charge on any atom is -0.213 e. The van der Waals surface area contributed by atoms with Crippen LogP contribution in [-0.2, 0) is 10.0 Å². The number of sulfonamides is 1. The molecule has 0 radical (unpaired) electrons. The summed E-state index contributed by atoms with van der Waals surface area (Å²) in [5.74, 6) is 0.176. The smallest absolute Gasteiger partial charge is 0.212 e. The fraction of sp³-hybridized carbons (Fsp3) is 0.750. The van der Waals surface area contributed by atoms with E-state index in [0.29, 0.717) is 6.42 Å². The second-order valence-corrected chi connectivity index (χ2v) is 4.82. The van der Waals surface area contributed by atoms with Gasteiger partial charge in [-0.2, -0.15) is 0 Å². The van der Waals surface area contributed by atoms with E-state index in [1.54, 1.807) is 0 Å². The summed E-state index contributed by atoms with van der Waals surface area (Å²) in [7, 11) is -3.05. The van der Waals surface area contributed by atoms with Crippen molar-refractivity contribution < 1.29 is 8.42 Å². The monoisotopic (exact) mass is 191 g/mol. The van der Waals surface area contributed by atoms with E-state index in [2.05, 4.69) is 4.72 Å². The van der Waals surface area contributed by atoms with Gasteiger partial charge < -0.3 is 0 Å². The van der Waals surface area contributed by atoms with Crippen molar-refractivity contribution in [3.8, 4) is 0 Å². The summed E-state index contributed by atoms with van der Waals surface area (Å²) in [6.07, 6.45) is 4.28. The van der Waals surface area contributed by atoms with Crippen LogP contribution in [0.5, 0.6) is 0 Å². The normalized spacial score (nSPS) is 13.0. The molecule has 0 spiro atoms. The molecular formula is C8H17NO2S. The number of nitrogens with one attached hydrogen (secondary N) is 1. The zero-order chi connectivity index (χ0) is 9.61. The van der Waals surface area contributed by atoms with Gasteiger partial charge in [0.05, 0.1) is 5.75 Å². The summed E-state index contributed by atoms with van der Waals surface area (Å²) >= 11 is 0. The van der Waals surface area contributed by atoms with Crippen molar-refractivity contribution in [3.63, 3.8) is 0 Å². The Morgan fingerprint density at radius 2 is 2.00 bits per heavy atom. The fourth-order valence-corrected chi connectivity index (χ4v) is 2.09. The number of hydrogen-bond acceptors (Lipinski definition) is 2. The fourth-order valence-electron chi connectivity index (χ4n) is 0.808. The molecule has 0 aliphatic heterocycles. The average Bonchev–Trinajstić information content (AvgIpc) is 1.84. The number of hydrogen-bond donors (Lipinski definition) is 1. The summed E-state index contributed by atoms with van der Waals surface area (Å²) in [6.45, 7) is 5.50. The van der Waals surface area contributed by atoms with Crippen molar-refractivity contribution >= 4 is 10.0 Å². The Morgan fingerprint density at radius 1 is 1.42 bits per heavy atom. The summed E-state index contributed by atoms with van der Waals surface area (Å²) in [5.41, 5.74) is 0. The lowest BCUT2D eigenvalue weighted by atomic mass is 10.4. The van der Waals surface area contributed by atoms with Gasteiger partial charge in [0.25, 0.3) is 0 Å². The topological polar surface area (TPSA) is 46.2 Å². The molecular weight excluding hydrogens is 174 g/mol. The summed E-state index contributed by atoms with van der Waals surface area (Å²) < 4.78 is 24.9.